The Morgan fingerprint density at radius 2 is 1.84 bits per heavy atom. The Labute approximate surface area is 185 Å². The number of hydroxylamine groups is 2. The number of hydrogen-bond acceptors (Lipinski definition) is 6. The first-order chi connectivity index (χ1) is 14.8. The van der Waals surface area contributed by atoms with Gasteiger partial charge in [0.1, 0.15) is 6.04 Å². The highest BCUT2D eigenvalue weighted by Crippen LogP contribution is 2.31. The number of carbonyl (C=O) groups excluding carboxylic acids is 2. The lowest BCUT2D eigenvalue weighted by molar-refractivity contribution is -0.120. The second kappa shape index (κ2) is 8.56. The highest BCUT2D eigenvalue weighted by molar-refractivity contribution is 7.80. The number of nitrogens with zero attached hydrogens (tertiary/aromatic N) is 3. The van der Waals surface area contributed by atoms with Crippen LogP contribution >= 0.6 is 0 Å². The molecule has 2 saturated heterocycles. The molecule has 176 valence electrons. The SMILES string of the molecule is CC(C)(C)N(Cc1ccc(NC(=O)[C@@H]2CC[C@@H]3CN2C(=O)N3OS(=O)(=O)O)cc1)C(=O)O. The number of urea groups is 1. The molecule has 32 heavy (non-hydrogen) atoms. The van der Waals surface area contributed by atoms with Gasteiger partial charge in [0.25, 0.3) is 0 Å². The molecule has 4 amide bonds. The molecular formula is C19H26N4O8S. The van der Waals surface area contributed by atoms with E-state index in [0.29, 0.717) is 23.6 Å². The van der Waals surface area contributed by atoms with Crippen molar-refractivity contribution in [2.75, 3.05) is 11.9 Å². The van der Waals surface area contributed by atoms with E-state index < -0.39 is 46.1 Å². The fraction of sp³-hybridized carbons (Fsp3) is 0.526. The maximum Gasteiger partial charge on any atom is 0.418 e. The third-order valence-electron chi connectivity index (χ3n) is 5.40. The first kappa shape index (κ1) is 23.8. The van der Waals surface area contributed by atoms with Crippen LogP contribution in [0.15, 0.2) is 24.3 Å². The number of rotatable bonds is 6. The zero-order chi connectivity index (χ0) is 23.8. The Morgan fingerprint density at radius 1 is 1.22 bits per heavy atom. The van der Waals surface area contributed by atoms with Gasteiger partial charge >= 0.3 is 22.5 Å². The van der Waals surface area contributed by atoms with Crippen LogP contribution in [0, 0.1) is 0 Å². The van der Waals surface area contributed by atoms with E-state index in [-0.39, 0.29) is 13.1 Å². The minimum atomic E-state index is -4.86. The number of nitrogens with one attached hydrogen (secondary N) is 1. The smallest absolute Gasteiger partial charge is 0.418 e. The van der Waals surface area contributed by atoms with Crippen molar-refractivity contribution >= 4 is 34.1 Å². The van der Waals surface area contributed by atoms with Crippen molar-refractivity contribution < 1.29 is 36.7 Å². The van der Waals surface area contributed by atoms with Gasteiger partial charge in [0, 0.05) is 24.3 Å². The quantitative estimate of drug-likeness (QED) is 0.532. The van der Waals surface area contributed by atoms with E-state index in [2.05, 4.69) is 9.60 Å². The van der Waals surface area contributed by atoms with Crippen molar-refractivity contribution in [2.24, 2.45) is 0 Å². The molecule has 2 bridgehead atoms. The highest BCUT2D eigenvalue weighted by atomic mass is 32.3. The van der Waals surface area contributed by atoms with Crippen molar-refractivity contribution in [3.63, 3.8) is 0 Å². The molecule has 1 aromatic carbocycles. The lowest BCUT2D eigenvalue weighted by Gasteiger charge is -2.33. The Hall–Kier alpha value is -2.90. The molecule has 3 rings (SSSR count). The van der Waals surface area contributed by atoms with Gasteiger partial charge in [-0.1, -0.05) is 12.1 Å². The van der Waals surface area contributed by atoms with Gasteiger partial charge in [-0.2, -0.15) is 13.5 Å². The summed E-state index contributed by atoms with van der Waals surface area (Å²) in [6.45, 7) is 5.68. The molecule has 0 unspecified atom stereocenters. The largest absolute Gasteiger partial charge is 0.465 e. The summed E-state index contributed by atoms with van der Waals surface area (Å²) in [5.41, 5.74) is 0.636. The number of hydrogen-bond donors (Lipinski definition) is 3. The molecule has 0 radical (unpaired) electrons. The van der Waals surface area contributed by atoms with Gasteiger partial charge in [0.2, 0.25) is 5.91 Å². The Balaban J connectivity index is 1.64. The fourth-order valence-corrected chi connectivity index (χ4v) is 4.19. The average molecular weight is 471 g/mol. The number of benzene rings is 1. The summed E-state index contributed by atoms with van der Waals surface area (Å²) >= 11 is 0. The maximum atomic E-state index is 12.8. The van der Waals surface area contributed by atoms with Gasteiger partial charge in [-0.3, -0.25) is 14.2 Å². The molecule has 2 fully saturated rings. The number of carboxylic acid groups (broad SMARTS) is 1. The molecule has 0 aliphatic carbocycles. The van der Waals surface area contributed by atoms with Crippen LogP contribution in [0.2, 0.25) is 0 Å². The first-order valence-electron chi connectivity index (χ1n) is 9.93. The number of anilines is 1. The Bertz CT molecular complexity index is 1010. The van der Waals surface area contributed by atoms with Crippen molar-refractivity contribution in [2.45, 2.75) is 57.8 Å². The van der Waals surface area contributed by atoms with E-state index in [1.165, 1.54) is 9.80 Å². The predicted octanol–water partition coefficient (Wildman–Crippen LogP) is 1.91. The molecule has 2 aliphatic heterocycles. The number of amides is 4. The first-order valence-corrected chi connectivity index (χ1v) is 11.3. The Kier molecular flexibility index (Phi) is 6.36. The number of fused-ring (bicyclic) bond motifs is 2. The van der Waals surface area contributed by atoms with Crippen LogP contribution in [-0.2, 0) is 26.0 Å². The van der Waals surface area contributed by atoms with E-state index in [9.17, 15) is 27.9 Å². The minimum absolute atomic E-state index is 0.100. The summed E-state index contributed by atoms with van der Waals surface area (Å²) in [6, 6.07) is 4.48. The van der Waals surface area contributed by atoms with Gasteiger partial charge in [0.15, 0.2) is 0 Å². The third kappa shape index (κ3) is 5.29. The molecule has 0 aromatic heterocycles. The van der Waals surface area contributed by atoms with Crippen molar-refractivity contribution in [3.8, 4) is 0 Å². The van der Waals surface area contributed by atoms with E-state index in [4.69, 9.17) is 4.55 Å². The average Bonchev–Trinajstić information content (AvgIpc) is 2.89. The van der Waals surface area contributed by atoms with Gasteiger partial charge < -0.3 is 15.3 Å². The Morgan fingerprint density at radius 3 is 2.38 bits per heavy atom. The van der Waals surface area contributed by atoms with E-state index in [0.717, 1.165) is 5.56 Å². The summed E-state index contributed by atoms with van der Waals surface area (Å²) < 4.78 is 35.2. The molecule has 0 saturated carbocycles. The minimum Gasteiger partial charge on any atom is -0.465 e. The molecule has 0 spiro atoms. The van der Waals surface area contributed by atoms with Gasteiger partial charge in [0.05, 0.1) is 6.04 Å². The molecule has 2 aliphatic rings. The van der Waals surface area contributed by atoms with Crippen LogP contribution in [0.3, 0.4) is 0 Å². The van der Waals surface area contributed by atoms with E-state index in [1.54, 1.807) is 45.0 Å². The standard InChI is InChI=1S/C19H26N4O8S/c1-19(2,3)22(18(26)27)10-12-4-6-13(7-5-12)20-16(24)15-9-8-14-11-21(15)17(25)23(14)31-32(28,29)30/h4-7,14-15H,8-11H2,1-3H3,(H,20,24)(H,26,27)(H,28,29,30)/t14-,15+/m1/s1. The monoisotopic (exact) mass is 470 g/mol. The van der Waals surface area contributed by atoms with Crippen LogP contribution in [0.5, 0.6) is 0 Å². The molecule has 1 aromatic rings. The topological polar surface area (TPSA) is 157 Å². The molecule has 13 heteroatoms. The summed E-state index contributed by atoms with van der Waals surface area (Å²) in [5, 5.41) is 12.7. The second-order valence-electron chi connectivity index (χ2n) is 8.74. The molecule has 2 heterocycles. The third-order valence-corrected chi connectivity index (χ3v) is 5.75. The summed E-state index contributed by atoms with van der Waals surface area (Å²) in [4.78, 5) is 39.2. The van der Waals surface area contributed by atoms with Crippen LogP contribution < -0.4 is 5.32 Å². The van der Waals surface area contributed by atoms with E-state index in [1.807, 2.05) is 0 Å². The summed E-state index contributed by atoms with van der Waals surface area (Å²) in [5.74, 6) is -0.444. The summed E-state index contributed by atoms with van der Waals surface area (Å²) in [6.07, 6.45) is -0.412. The van der Waals surface area contributed by atoms with Crippen molar-refractivity contribution in [1.29, 1.82) is 0 Å². The van der Waals surface area contributed by atoms with Crippen molar-refractivity contribution in [3.05, 3.63) is 29.8 Å². The van der Waals surface area contributed by atoms with Gasteiger partial charge in [-0.25, -0.2) is 9.59 Å². The lowest BCUT2D eigenvalue weighted by Crippen LogP contribution is -2.47. The normalized spacial score (nSPS) is 20.9. The predicted molar refractivity (Wildman–Crippen MR) is 112 cm³/mol. The van der Waals surface area contributed by atoms with Crippen LogP contribution in [0.1, 0.15) is 39.2 Å². The highest BCUT2D eigenvalue weighted by Gasteiger charge is 2.49. The van der Waals surface area contributed by atoms with Gasteiger partial charge in [-0.15, -0.1) is 4.28 Å². The summed E-state index contributed by atoms with van der Waals surface area (Å²) in [7, 11) is -4.86. The van der Waals surface area contributed by atoms with Crippen molar-refractivity contribution in [1.82, 2.24) is 14.9 Å². The number of piperidine rings is 1. The fourth-order valence-electron chi connectivity index (χ4n) is 3.80. The zero-order valence-electron chi connectivity index (χ0n) is 17.9. The second-order valence-corrected chi connectivity index (χ2v) is 9.74. The molecular weight excluding hydrogens is 444 g/mol. The molecule has 12 nitrogen and oxygen atoms in total. The number of carbonyl (C=O) groups is 3. The van der Waals surface area contributed by atoms with Crippen LogP contribution in [0.4, 0.5) is 15.3 Å². The van der Waals surface area contributed by atoms with E-state index >= 15 is 0 Å². The van der Waals surface area contributed by atoms with Crippen LogP contribution in [-0.4, -0.2) is 75.1 Å². The van der Waals surface area contributed by atoms with Gasteiger partial charge in [-0.05, 0) is 51.3 Å². The zero-order valence-corrected chi connectivity index (χ0v) is 18.7. The molecule has 2 atom stereocenters. The maximum absolute atomic E-state index is 12.8. The van der Waals surface area contributed by atoms with Crippen LogP contribution in [0.25, 0.3) is 0 Å². The lowest BCUT2D eigenvalue weighted by atomic mass is 10.00. The molecule has 3 N–H and O–H groups in total.